The summed E-state index contributed by atoms with van der Waals surface area (Å²) in [5, 5.41) is 0. The molecular formula is C26H34N4O2. The Morgan fingerprint density at radius 2 is 1.59 bits per heavy atom. The molecule has 0 unspecified atom stereocenters. The summed E-state index contributed by atoms with van der Waals surface area (Å²) >= 11 is 0. The first-order valence-electron chi connectivity index (χ1n) is 11.9. The molecule has 2 fully saturated rings. The van der Waals surface area contributed by atoms with E-state index in [1.807, 2.05) is 52.4 Å². The summed E-state index contributed by atoms with van der Waals surface area (Å²) in [7, 11) is 0. The lowest BCUT2D eigenvalue weighted by atomic mass is 9.92. The molecule has 0 radical (unpaired) electrons. The summed E-state index contributed by atoms with van der Waals surface area (Å²) in [6.07, 6.45) is 6.79. The van der Waals surface area contributed by atoms with Crippen molar-refractivity contribution >= 4 is 17.6 Å². The van der Waals surface area contributed by atoms with Gasteiger partial charge in [0, 0.05) is 58.3 Å². The first kappa shape index (κ1) is 22.3. The van der Waals surface area contributed by atoms with Crippen molar-refractivity contribution in [1.29, 1.82) is 0 Å². The standard InChI is InChI=1S/C26H34N4O2/c31-25(29-19-17-28(18-20-29)24-10-4-5-15-27-24)14-12-23-9-6-16-30(21-23)26(32)13-11-22-7-2-1-3-8-22/h1-5,7-8,10,15,23H,6,9,11-14,16-21H2/t23-/m0/s1. The molecule has 6 nitrogen and oxygen atoms in total. The van der Waals surface area contributed by atoms with E-state index in [1.54, 1.807) is 0 Å². The van der Waals surface area contributed by atoms with E-state index in [0.717, 1.165) is 70.8 Å². The van der Waals surface area contributed by atoms with Crippen molar-refractivity contribution in [2.24, 2.45) is 5.92 Å². The number of benzene rings is 1. The summed E-state index contributed by atoms with van der Waals surface area (Å²) in [5.74, 6) is 1.91. The summed E-state index contributed by atoms with van der Waals surface area (Å²) in [6.45, 7) is 4.82. The number of amides is 2. The normalized spacial score (nSPS) is 19.1. The van der Waals surface area contributed by atoms with Gasteiger partial charge >= 0.3 is 0 Å². The highest BCUT2D eigenvalue weighted by Gasteiger charge is 2.26. The third-order valence-electron chi connectivity index (χ3n) is 6.71. The predicted octanol–water partition coefficient (Wildman–Crippen LogP) is 3.38. The zero-order valence-electron chi connectivity index (χ0n) is 18.9. The van der Waals surface area contributed by atoms with Crippen LogP contribution in [0.3, 0.4) is 0 Å². The lowest BCUT2D eigenvalue weighted by Crippen LogP contribution is -2.49. The van der Waals surface area contributed by atoms with Gasteiger partial charge in [0.1, 0.15) is 5.82 Å². The molecule has 4 rings (SSSR count). The van der Waals surface area contributed by atoms with Crippen LogP contribution in [0.5, 0.6) is 0 Å². The van der Waals surface area contributed by atoms with Crippen LogP contribution in [0.15, 0.2) is 54.7 Å². The fourth-order valence-corrected chi connectivity index (χ4v) is 4.79. The molecule has 3 heterocycles. The maximum Gasteiger partial charge on any atom is 0.222 e. The number of anilines is 1. The number of pyridine rings is 1. The van der Waals surface area contributed by atoms with Gasteiger partial charge in [0.15, 0.2) is 0 Å². The summed E-state index contributed by atoms with van der Waals surface area (Å²) < 4.78 is 0. The molecule has 0 N–H and O–H groups in total. The Balaban J connectivity index is 1.17. The minimum atomic E-state index is 0.246. The fourth-order valence-electron chi connectivity index (χ4n) is 4.79. The first-order chi connectivity index (χ1) is 15.7. The van der Waals surface area contributed by atoms with E-state index in [4.69, 9.17) is 0 Å². The van der Waals surface area contributed by atoms with E-state index in [0.29, 0.717) is 18.8 Å². The van der Waals surface area contributed by atoms with Gasteiger partial charge < -0.3 is 14.7 Å². The van der Waals surface area contributed by atoms with Crippen molar-refractivity contribution in [3.05, 3.63) is 60.3 Å². The summed E-state index contributed by atoms with van der Waals surface area (Å²) in [4.78, 5) is 36.1. The number of carbonyl (C=O) groups is 2. The quantitative estimate of drug-likeness (QED) is 0.670. The van der Waals surface area contributed by atoms with Crippen molar-refractivity contribution in [3.8, 4) is 0 Å². The monoisotopic (exact) mass is 434 g/mol. The second kappa shape index (κ2) is 11.1. The smallest absolute Gasteiger partial charge is 0.222 e. The van der Waals surface area contributed by atoms with Crippen LogP contribution in [0.2, 0.25) is 0 Å². The van der Waals surface area contributed by atoms with E-state index in [9.17, 15) is 9.59 Å². The van der Waals surface area contributed by atoms with Crippen LogP contribution in [-0.2, 0) is 16.0 Å². The van der Waals surface area contributed by atoms with Gasteiger partial charge in [-0.1, -0.05) is 36.4 Å². The van der Waals surface area contributed by atoms with E-state index >= 15 is 0 Å². The molecule has 170 valence electrons. The minimum absolute atomic E-state index is 0.246. The van der Waals surface area contributed by atoms with Crippen molar-refractivity contribution in [2.45, 2.75) is 38.5 Å². The van der Waals surface area contributed by atoms with E-state index in [2.05, 4.69) is 22.0 Å². The number of rotatable bonds is 7. The van der Waals surface area contributed by atoms with Crippen LogP contribution in [0.1, 0.15) is 37.7 Å². The van der Waals surface area contributed by atoms with Gasteiger partial charge in [-0.3, -0.25) is 9.59 Å². The molecule has 2 aliphatic heterocycles. The highest BCUT2D eigenvalue weighted by atomic mass is 16.2. The maximum absolute atomic E-state index is 12.8. The molecule has 32 heavy (non-hydrogen) atoms. The van der Waals surface area contributed by atoms with Gasteiger partial charge in [0.2, 0.25) is 11.8 Å². The summed E-state index contributed by atoms with van der Waals surface area (Å²) in [6, 6.07) is 16.1. The van der Waals surface area contributed by atoms with Crippen LogP contribution in [-0.4, -0.2) is 65.9 Å². The first-order valence-corrected chi connectivity index (χ1v) is 11.9. The number of piperazine rings is 1. The molecule has 0 aliphatic carbocycles. The van der Waals surface area contributed by atoms with Gasteiger partial charge in [-0.15, -0.1) is 0 Å². The predicted molar refractivity (Wildman–Crippen MR) is 126 cm³/mol. The topological polar surface area (TPSA) is 56.8 Å². The van der Waals surface area contributed by atoms with Crippen LogP contribution in [0.25, 0.3) is 0 Å². The highest BCUT2D eigenvalue weighted by molar-refractivity contribution is 5.77. The van der Waals surface area contributed by atoms with Gasteiger partial charge in [0.05, 0.1) is 0 Å². The molecule has 1 aromatic carbocycles. The Morgan fingerprint density at radius 1 is 0.844 bits per heavy atom. The molecule has 0 spiro atoms. The largest absolute Gasteiger partial charge is 0.353 e. The van der Waals surface area contributed by atoms with Gasteiger partial charge in [-0.25, -0.2) is 4.98 Å². The number of nitrogens with zero attached hydrogens (tertiary/aromatic N) is 4. The zero-order valence-corrected chi connectivity index (χ0v) is 18.9. The molecule has 6 heteroatoms. The minimum Gasteiger partial charge on any atom is -0.353 e. The van der Waals surface area contributed by atoms with Crippen molar-refractivity contribution in [1.82, 2.24) is 14.8 Å². The number of aryl methyl sites for hydroxylation is 1. The van der Waals surface area contributed by atoms with Crippen molar-refractivity contribution in [3.63, 3.8) is 0 Å². The fraction of sp³-hybridized carbons (Fsp3) is 0.500. The van der Waals surface area contributed by atoms with E-state index in [1.165, 1.54) is 5.56 Å². The van der Waals surface area contributed by atoms with Gasteiger partial charge in [-0.05, 0) is 49.3 Å². The SMILES string of the molecule is O=C(CC[C@@H]1CCCN(C(=O)CCc2ccccc2)C1)N1CCN(c2ccccn2)CC1. The Labute approximate surface area is 191 Å². The number of hydrogen-bond acceptors (Lipinski definition) is 4. The number of carbonyl (C=O) groups excluding carboxylic acids is 2. The molecular weight excluding hydrogens is 400 g/mol. The van der Waals surface area contributed by atoms with Gasteiger partial charge in [0.25, 0.3) is 0 Å². The van der Waals surface area contributed by atoms with Crippen LogP contribution in [0, 0.1) is 5.92 Å². The third-order valence-corrected chi connectivity index (χ3v) is 6.71. The second-order valence-corrected chi connectivity index (χ2v) is 8.93. The highest BCUT2D eigenvalue weighted by Crippen LogP contribution is 2.23. The molecule has 0 saturated carbocycles. The average Bonchev–Trinajstić information content (AvgIpc) is 2.87. The number of aromatic nitrogens is 1. The molecule has 0 bridgehead atoms. The molecule has 2 saturated heterocycles. The summed E-state index contributed by atoms with van der Waals surface area (Å²) in [5.41, 5.74) is 1.21. The number of piperidine rings is 1. The van der Waals surface area contributed by atoms with Crippen LogP contribution >= 0.6 is 0 Å². The molecule has 2 aromatic rings. The third kappa shape index (κ3) is 6.09. The second-order valence-electron chi connectivity index (χ2n) is 8.93. The van der Waals surface area contributed by atoms with Crippen LogP contribution in [0.4, 0.5) is 5.82 Å². The number of likely N-dealkylation sites (tertiary alicyclic amines) is 1. The molecule has 1 aromatic heterocycles. The Morgan fingerprint density at radius 3 is 2.34 bits per heavy atom. The van der Waals surface area contributed by atoms with Crippen LogP contribution < -0.4 is 4.90 Å². The van der Waals surface area contributed by atoms with Crippen molar-refractivity contribution in [2.75, 3.05) is 44.2 Å². The Bertz CT molecular complexity index is 866. The van der Waals surface area contributed by atoms with Crippen molar-refractivity contribution < 1.29 is 9.59 Å². The Hall–Kier alpha value is -2.89. The Kier molecular flexibility index (Phi) is 7.75. The average molecular weight is 435 g/mol. The van der Waals surface area contributed by atoms with E-state index in [-0.39, 0.29) is 11.8 Å². The lowest BCUT2D eigenvalue weighted by molar-refractivity contribution is -0.133. The number of hydrogen-bond donors (Lipinski definition) is 0. The molecule has 1 atom stereocenters. The van der Waals surface area contributed by atoms with E-state index < -0.39 is 0 Å². The van der Waals surface area contributed by atoms with Gasteiger partial charge in [-0.2, -0.15) is 0 Å². The maximum atomic E-state index is 12.8. The zero-order chi connectivity index (χ0) is 22.2. The lowest BCUT2D eigenvalue weighted by Gasteiger charge is -2.36. The molecule has 2 amide bonds. The molecule has 2 aliphatic rings.